The van der Waals surface area contributed by atoms with Crippen molar-refractivity contribution in [2.75, 3.05) is 25.1 Å². The van der Waals surface area contributed by atoms with Crippen LogP contribution < -0.4 is 14.4 Å². The summed E-state index contributed by atoms with van der Waals surface area (Å²) in [5.74, 6) is -2.47. The van der Waals surface area contributed by atoms with Crippen LogP contribution in [-0.2, 0) is 46.9 Å². The van der Waals surface area contributed by atoms with Gasteiger partial charge in [0.15, 0.2) is 5.78 Å². The van der Waals surface area contributed by atoms with Gasteiger partial charge in [0, 0.05) is 38.2 Å². The number of esters is 1. The first-order valence-corrected chi connectivity index (χ1v) is 19.1. The number of hydrogen-bond donors (Lipinski definition) is 1. The maximum absolute atomic E-state index is 14.3. The highest BCUT2D eigenvalue weighted by molar-refractivity contribution is 7.90. The second-order valence-electron chi connectivity index (χ2n) is 15.3. The molecule has 274 valence electrons. The van der Waals surface area contributed by atoms with Crippen molar-refractivity contribution in [2.24, 2.45) is 22.7 Å². The average Bonchev–Trinajstić information content (AvgIpc) is 4.03. The van der Waals surface area contributed by atoms with Crippen LogP contribution in [0.4, 0.5) is 5.95 Å². The second kappa shape index (κ2) is 14.0. The molecule has 1 saturated heterocycles. The third-order valence-electron chi connectivity index (χ3n) is 10.7. The molecule has 2 aromatic rings. The summed E-state index contributed by atoms with van der Waals surface area (Å²) < 4.78 is 38.8. The molecule has 1 aromatic heterocycles. The third-order valence-corrected chi connectivity index (χ3v) is 12.6. The van der Waals surface area contributed by atoms with Crippen molar-refractivity contribution >= 4 is 39.5 Å². The summed E-state index contributed by atoms with van der Waals surface area (Å²) in [6, 6.07) is 8.90. The molecule has 0 radical (unpaired) electrons. The Balaban J connectivity index is 1.23. The molecule has 2 amide bonds. The summed E-state index contributed by atoms with van der Waals surface area (Å²) in [6.07, 6.45) is 4.31. The van der Waals surface area contributed by atoms with Gasteiger partial charge in [-0.05, 0) is 48.1 Å². The molecular weight excluding hydrogens is 675 g/mol. The lowest BCUT2D eigenvalue weighted by Gasteiger charge is -2.34. The number of nitrogens with one attached hydrogen (secondary N) is 1. The fourth-order valence-electron chi connectivity index (χ4n) is 7.34. The molecular formula is C37H47N5O8S. The molecule has 0 bridgehead atoms. The minimum Gasteiger partial charge on any atom is -0.472 e. The van der Waals surface area contributed by atoms with E-state index in [-0.39, 0.29) is 38.0 Å². The van der Waals surface area contributed by atoms with Gasteiger partial charge in [-0.3, -0.25) is 23.9 Å². The lowest BCUT2D eigenvalue weighted by molar-refractivity contribution is -0.151. The van der Waals surface area contributed by atoms with Gasteiger partial charge in [-0.15, -0.1) is 6.58 Å². The van der Waals surface area contributed by atoms with Gasteiger partial charge in [-0.2, -0.15) is 4.98 Å². The van der Waals surface area contributed by atoms with Crippen LogP contribution in [0.3, 0.4) is 0 Å². The van der Waals surface area contributed by atoms with Crippen LogP contribution in [0, 0.1) is 22.7 Å². The first kappa shape index (κ1) is 36.5. The number of carbonyl (C=O) groups excluding carboxylic acids is 4. The number of carbonyl (C=O) groups is 4. The smallest absolute Gasteiger partial charge is 0.306 e. The van der Waals surface area contributed by atoms with Crippen LogP contribution in [0.5, 0.6) is 5.88 Å². The number of sulfonamides is 1. The number of nitrogens with zero attached hydrogens (tertiary/aromatic N) is 4. The fourth-order valence-corrected chi connectivity index (χ4v) is 8.73. The van der Waals surface area contributed by atoms with E-state index in [0.717, 1.165) is 13.0 Å². The fraction of sp³-hybridized carbons (Fsp3) is 0.568. The Morgan fingerprint density at radius 1 is 1.14 bits per heavy atom. The van der Waals surface area contributed by atoms with Gasteiger partial charge in [0.25, 0.3) is 0 Å². The summed E-state index contributed by atoms with van der Waals surface area (Å²) in [5, 5.41) is -0.604. The number of amides is 2. The van der Waals surface area contributed by atoms with Crippen molar-refractivity contribution < 1.29 is 37.1 Å². The number of hydrogen-bond acceptors (Lipinski definition) is 11. The molecule has 2 saturated carbocycles. The summed E-state index contributed by atoms with van der Waals surface area (Å²) >= 11 is 0. The van der Waals surface area contributed by atoms with Crippen LogP contribution in [0.2, 0.25) is 0 Å². The molecule has 3 heterocycles. The highest BCUT2D eigenvalue weighted by Gasteiger charge is 2.61. The lowest BCUT2D eigenvalue weighted by atomic mass is 9.77. The number of anilines is 1. The van der Waals surface area contributed by atoms with Gasteiger partial charge in [-0.1, -0.05) is 51.1 Å². The van der Waals surface area contributed by atoms with Gasteiger partial charge < -0.3 is 19.3 Å². The maximum atomic E-state index is 14.3. The number of likely N-dealkylation sites (tertiary alicyclic amines) is 1. The minimum absolute atomic E-state index is 0.0412. The third kappa shape index (κ3) is 7.80. The van der Waals surface area contributed by atoms with Crippen LogP contribution in [0.15, 0.2) is 49.2 Å². The average molecular weight is 722 g/mol. The Morgan fingerprint density at radius 2 is 1.86 bits per heavy atom. The number of ether oxygens (including phenoxy) is 2. The van der Waals surface area contributed by atoms with Crippen LogP contribution in [0.1, 0.15) is 70.4 Å². The van der Waals surface area contributed by atoms with E-state index in [0.29, 0.717) is 31.2 Å². The second-order valence-corrected chi connectivity index (χ2v) is 17.3. The number of allylic oxidation sites excluding steroid dienone is 1. The van der Waals surface area contributed by atoms with Crippen molar-refractivity contribution in [1.29, 1.82) is 0 Å². The number of methoxy groups -OCH3 is 1. The highest BCUT2D eigenvalue weighted by Crippen LogP contribution is 2.57. The Kier molecular flexibility index (Phi) is 10.0. The molecule has 0 spiro atoms. The molecule has 4 aliphatic rings. The Labute approximate surface area is 299 Å². The minimum atomic E-state index is -3.84. The molecule has 6 rings (SSSR count). The number of fused-ring (bicyclic) bond motifs is 1. The molecule has 5 atom stereocenters. The van der Waals surface area contributed by atoms with Crippen molar-refractivity contribution in [1.82, 2.24) is 19.6 Å². The van der Waals surface area contributed by atoms with E-state index in [1.54, 1.807) is 18.3 Å². The predicted octanol–water partition coefficient (Wildman–Crippen LogP) is 3.37. The summed E-state index contributed by atoms with van der Waals surface area (Å²) in [5.41, 5.74) is 0.562. The zero-order valence-electron chi connectivity index (χ0n) is 29.7. The molecule has 1 aromatic carbocycles. The Bertz CT molecular complexity index is 1820. The van der Waals surface area contributed by atoms with E-state index >= 15 is 0 Å². The van der Waals surface area contributed by atoms with Gasteiger partial charge in [-0.25, -0.2) is 13.4 Å². The van der Waals surface area contributed by atoms with Gasteiger partial charge in [0.2, 0.25) is 33.7 Å². The SMILES string of the molecule is C=CC1CC1(CC(=O)[C@@H]1C[C@@H](Oc2ccnc(N3CCc4ccccc4C3)n2)CN1C(=O)[C@@H](CC(=O)OC)C(C)(C)C)C(=O)NS(=O)(=O)C1CC1. The van der Waals surface area contributed by atoms with E-state index < -0.39 is 67.9 Å². The van der Waals surface area contributed by atoms with Crippen molar-refractivity contribution in [3.05, 3.63) is 60.3 Å². The first-order valence-electron chi connectivity index (χ1n) is 17.5. The maximum Gasteiger partial charge on any atom is 0.306 e. The Morgan fingerprint density at radius 3 is 2.51 bits per heavy atom. The van der Waals surface area contributed by atoms with Gasteiger partial charge >= 0.3 is 5.97 Å². The number of rotatable bonds is 13. The quantitative estimate of drug-likeness (QED) is 0.238. The van der Waals surface area contributed by atoms with Crippen molar-refractivity contribution in [3.8, 4) is 5.88 Å². The topological polar surface area (TPSA) is 165 Å². The lowest BCUT2D eigenvalue weighted by Crippen LogP contribution is -2.48. The summed E-state index contributed by atoms with van der Waals surface area (Å²) in [6.45, 7) is 10.8. The summed E-state index contributed by atoms with van der Waals surface area (Å²) in [7, 11) is -2.58. The number of benzene rings is 1. The van der Waals surface area contributed by atoms with Crippen LogP contribution >= 0.6 is 0 Å². The normalized spacial score (nSPS) is 25.0. The van der Waals surface area contributed by atoms with E-state index in [1.165, 1.54) is 23.1 Å². The molecule has 2 unspecified atom stereocenters. The highest BCUT2D eigenvalue weighted by atomic mass is 32.2. The molecule has 14 heteroatoms. The van der Waals surface area contributed by atoms with E-state index in [4.69, 9.17) is 9.47 Å². The zero-order chi connectivity index (χ0) is 36.7. The Hall–Kier alpha value is -4.33. The number of aromatic nitrogens is 2. The monoisotopic (exact) mass is 721 g/mol. The van der Waals surface area contributed by atoms with Gasteiger partial charge in [0.05, 0.1) is 42.7 Å². The molecule has 2 aliphatic heterocycles. The first-order chi connectivity index (χ1) is 24.1. The molecule has 13 nitrogen and oxygen atoms in total. The molecule has 2 aliphatic carbocycles. The number of ketones is 1. The van der Waals surface area contributed by atoms with Crippen molar-refractivity contribution in [2.45, 2.75) is 89.7 Å². The predicted molar refractivity (Wildman–Crippen MR) is 188 cm³/mol. The van der Waals surface area contributed by atoms with Crippen LogP contribution in [-0.4, -0.2) is 84.4 Å². The van der Waals surface area contributed by atoms with Crippen molar-refractivity contribution in [3.63, 3.8) is 0 Å². The number of Topliss-reactive ketones (excluding diaryl/α,β-unsaturated/α-hetero) is 1. The van der Waals surface area contributed by atoms with E-state index in [9.17, 15) is 27.6 Å². The summed E-state index contributed by atoms with van der Waals surface area (Å²) in [4.78, 5) is 67.2. The standard InChI is InChI=1S/C37H47N5O8S/c1-6-25-19-37(25,34(46)40-51(47,48)27-11-12-27)20-30(43)29-17-26(22-42(29)33(45)28(36(2,3)4)18-32(44)49-5)50-31-13-15-38-35(39-31)41-16-14-23-9-7-8-10-24(23)21-41/h6-10,13,15,25-29H,1,11-12,14,16-22H2,2-5H3,(H,40,46)/t25?,26-,28-,29+,37?/m1/s1. The molecule has 3 fully saturated rings. The van der Waals surface area contributed by atoms with E-state index in [1.807, 2.05) is 32.9 Å². The molecule has 1 N–H and O–H groups in total. The zero-order valence-corrected chi connectivity index (χ0v) is 30.5. The van der Waals surface area contributed by atoms with E-state index in [2.05, 4.69) is 38.3 Å². The largest absolute Gasteiger partial charge is 0.472 e. The molecule has 51 heavy (non-hydrogen) atoms. The van der Waals surface area contributed by atoms with Gasteiger partial charge in [0.1, 0.15) is 6.10 Å². The van der Waals surface area contributed by atoms with Crippen LogP contribution in [0.25, 0.3) is 0 Å².